The molecule has 0 aromatic heterocycles. The topological polar surface area (TPSA) is 422 Å². The molecule has 0 fully saturated rings. The van der Waals surface area contributed by atoms with E-state index in [1.807, 2.05) is 0 Å². The fraction of sp³-hybridized carbons (Fsp3) is 0. The smallest absolute Gasteiger partial charge is 0.296 e. The lowest BCUT2D eigenvalue weighted by molar-refractivity contribution is 0.472. The number of nitrogens with one attached hydrogen (secondary N) is 1. The maximum Gasteiger partial charge on any atom is 0.296 e. The summed E-state index contributed by atoms with van der Waals surface area (Å²) in [6.07, 6.45) is 0. The van der Waals surface area contributed by atoms with E-state index in [2.05, 4.69) is 36.0 Å². The first-order chi connectivity index (χ1) is 28.8. The van der Waals surface area contributed by atoms with E-state index >= 15 is 0 Å². The van der Waals surface area contributed by atoms with Crippen LogP contribution in [0.25, 0.3) is 10.8 Å². The number of anilines is 5. The number of phenols is 2. The first-order valence-corrected chi connectivity index (χ1v) is 22.3. The van der Waals surface area contributed by atoms with Gasteiger partial charge in [0.1, 0.15) is 42.3 Å². The van der Waals surface area contributed by atoms with Crippen LogP contribution in [0.5, 0.6) is 11.5 Å². The SMILES string of the molecule is Nc1ccc(S(=O)(=O)O)c(N=Nc2c(S(=O)(=O)O)cc3cc(S(=O)(=O)O)c(N=Nc4ccc(Nc5ccc(N=Nc6cccc(N)c6O)cc5)c(S(=O)(=O)O)c4)c(N)c3c2O)c1. The first-order valence-electron chi connectivity index (χ1n) is 16.6. The minimum absolute atomic E-state index is 0.0947. The van der Waals surface area contributed by atoms with Crippen LogP contribution in [0.2, 0.25) is 0 Å². The molecule has 0 bridgehead atoms. The van der Waals surface area contributed by atoms with E-state index in [1.165, 1.54) is 36.4 Å². The third-order valence-electron chi connectivity index (χ3n) is 8.36. The quantitative estimate of drug-likeness (QED) is 0.0256. The van der Waals surface area contributed by atoms with Crippen molar-refractivity contribution in [1.29, 1.82) is 0 Å². The van der Waals surface area contributed by atoms with Gasteiger partial charge in [-0.15, -0.1) is 20.5 Å². The van der Waals surface area contributed by atoms with Crippen molar-refractivity contribution in [2.24, 2.45) is 30.7 Å². The van der Waals surface area contributed by atoms with E-state index in [4.69, 9.17) is 17.2 Å². The van der Waals surface area contributed by atoms with Gasteiger partial charge in [0.2, 0.25) is 0 Å². The molecule has 322 valence electrons. The van der Waals surface area contributed by atoms with Gasteiger partial charge in [-0.3, -0.25) is 18.2 Å². The molecule has 0 aliphatic rings. The van der Waals surface area contributed by atoms with Crippen molar-refractivity contribution >= 4 is 114 Å². The minimum atomic E-state index is -5.37. The number of azo groups is 3. The number of nitrogen functional groups attached to an aromatic ring is 3. The van der Waals surface area contributed by atoms with Gasteiger partial charge in [0.15, 0.2) is 11.5 Å². The van der Waals surface area contributed by atoms with Gasteiger partial charge in [-0.1, -0.05) is 6.07 Å². The van der Waals surface area contributed by atoms with Crippen molar-refractivity contribution in [2.45, 2.75) is 19.6 Å². The van der Waals surface area contributed by atoms with Crippen LogP contribution in [0.15, 0.2) is 141 Å². The van der Waals surface area contributed by atoms with E-state index in [9.17, 15) is 62.1 Å². The second-order valence-electron chi connectivity index (χ2n) is 12.6. The van der Waals surface area contributed by atoms with Crippen molar-refractivity contribution in [3.8, 4) is 11.5 Å². The monoisotopic (exact) mass is 928 g/mol. The molecule has 24 nitrogen and oxygen atoms in total. The highest BCUT2D eigenvalue weighted by Crippen LogP contribution is 2.48. The van der Waals surface area contributed by atoms with Crippen LogP contribution >= 0.6 is 0 Å². The summed E-state index contributed by atoms with van der Waals surface area (Å²) in [5.74, 6) is -1.48. The Bertz CT molecular complexity index is 3380. The molecule has 6 rings (SSSR count). The summed E-state index contributed by atoms with van der Waals surface area (Å²) in [5, 5.41) is 45.6. The molecule has 0 radical (unpaired) electrons. The van der Waals surface area contributed by atoms with Crippen LogP contribution in [-0.2, 0) is 40.5 Å². The van der Waals surface area contributed by atoms with Crippen molar-refractivity contribution < 1.29 is 62.1 Å². The molecule has 13 N–H and O–H groups in total. The molecule has 0 aliphatic carbocycles. The number of aromatic hydroxyl groups is 2. The van der Waals surface area contributed by atoms with Gasteiger partial charge in [0.25, 0.3) is 40.5 Å². The summed E-state index contributed by atoms with van der Waals surface area (Å²) >= 11 is 0. The number of rotatable bonds is 12. The normalized spacial score (nSPS) is 12.8. The predicted octanol–water partition coefficient (Wildman–Crippen LogP) is 6.97. The molecule has 6 aromatic rings. The van der Waals surface area contributed by atoms with Crippen LogP contribution in [0.3, 0.4) is 0 Å². The molecule has 0 atom stereocenters. The van der Waals surface area contributed by atoms with Gasteiger partial charge < -0.3 is 32.7 Å². The lowest BCUT2D eigenvalue weighted by Crippen LogP contribution is -2.04. The van der Waals surface area contributed by atoms with Crippen LogP contribution in [0.1, 0.15) is 0 Å². The van der Waals surface area contributed by atoms with E-state index < -0.39 is 99.3 Å². The number of phenolic OH excluding ortho intramolecular Hbond substituents is 2. The Labute approximate surface area is 349 Å². The Hall–Kier alpha value is -7.18. The number of nitrogens with two attached hydrogens (primary N) is 3. The molecular weight excluding hydrogens is 901 g/mol. The number of hydrogen-bond donors (Lipinski definition) is 10. The highest BCUT2D eigenvalue weighted by Gasteiger charge is 2.28. The number of fused-ring (bicyclic) bond motifs is 1. The van der Waals surface area contributed by atoms with Gasteiger partial charge in [-0.25, -0.2) is 0 Å². The number of nitrogens with zero attached hydrogens (tertiary/aromatic N) is 6. The first kappa shape index (κ1) is 44.4. The summed E-state index contributed by atoms with van der Waals surface area (Å²) in [5.41, 5.74) is 14.3. The predicted molar refractivity (Wildman–Crippen MR) is 221 cm³/mol. The Balaban J connectivity index is 1.41. The van der Waals surface area contributed by atoms with Gasteiger partial charge >= 0.3 is 0 Å². The maximum atomic E-state index is 12.6. The fourth-order valence-corrected chi connectivity index (χ4v) is 8.14. The second-order valence-corrected chi connectivity index (χ2v) is 18.2. The molecule has 0 saturated carbocycles. The molecular formula is C34H28N10O14S4. The molecule has 0 saturated heterocycles. The minimum Gasteiger partial charge on any atom is -0.505 e. The van der Waals surface area contributed by atoms with Gasteiger partial charge in [-0.2, -0.15) is 43.9 Å². The third-order valence-corrected chi connectivity index (χ3v) is 11.9. The lowest BCUT2D eigenvalue weighted by Gasteiger charge is -2.14. The molecule has 0 unspecified atom stereocenters. The number of para-hydroxylation sites is 1. The van der Waals surface area contributed by atoms with Crippen molar-refractivity contribution in [2.75, 3.05) is 22.5 Å². The Morgan fingerprint density at radius 1 is 0.484 bits per heavy atom. The molecule has 0 aliphatic heterocycles. The second kappa shape index (κ2) is 16.4. The van der Waals surface area contributed by atoms with Crippen molar-refractivity contribution in [3.05, 3.63) is 91.0 Å². The van der Waals surface area contributed by atoms with Crippen LogP contribution in [0.4, 0.5) is 62.6 Å². The van der Waals surface area contributed by atoms with E-state index in [0.717, 1.165) is 36.4 Å². The Morgan fingerprint density at radius 3 is 1.65 bits per heavy atom. The molecule has 0 heterocycles. The van der Waals surface area contributed by atoms with E-state index in [1.54, 1.807) is 6.07 Å². The van der Waals surface area contributed by atoms with Crippen LogP contribution in [0, 0.1) is 0 Å². The molecule has 62 heavy (non-hydrogen) atoms. The fourth-order valence-electron chi connectivity index (χ4n) is 5.54. The summed E-state index contributed by atoms with van der Waals surface area (Å²) in [4.78, 5) is -3.95. The summed E-state index contributed by atoms with van der Waals surface area (Å²) in [6.45, 7) is 0. The zero-order valence-corrected chi connectivity index (χ0v) is 33.9. The number of hydrogen-bond acceptors (Lipinski definition) is 20. The molecule has 0 amide bonds. The largest absolute Gasteiger partial charge is 0.505 e. The summed E-state index contributed by atoms with van der Waals surface area (Å²) < 4.78 is 139. The summed E-state index contributed by atoms with van der Waals surface area (Å²) in [6, 6.07) is 17.5. The van der Waals surface area contributed by atoms with Gasteiger partial charge in [-0.05, 0) is 90.3 Å². The van der Waals surface area contributed by atoms with Gasteiger partial charge in [0, 0.05) is 11.4 Å². The standard InChI is InChI=1S/C34H28N10O14S4/c35-17-4-11-25(59(47,48)49)24(14-17)42-44-32-28(62(56,57)58)13-16-12-27(61(53,54)55)31(30(37)29(16)34(32)46)43-40-20-9-10-22(26(15-20)60(50,51)52)38-18-5-7-19(8-6-18)39-41-23-3-1-2-21(36)33(23)45/h1-15,38,45-46H,35-37H2,(H,47,48,49)(H,50,51,52)(H,53,54,55)(H,56,57,58). The highest BCUT2D eigenvalue weighted by molar-refractivity contribution is 7.86. The lowest BCUT2D eigenvalue weighted by atomic mass is 10.1. The molecule has 6 aromatic carbocycles. The average Bonchev–Trinajstić information content (AvgIpc) is 3.16. The zero-order chi connectivity index (χ0) is 45.5. The van der Waals surface area contributed by atoms with E-state index in [0.29, 0.717) is 23.5 Å². The number of benzene rings is 6. The van der Waals surface area contributed by atoms with Gasteiger partial charge in [0.05, 0.1) is 33.8 Å². The zero-order valence-electron chi connectivity index (χ0n) is 30.7. The van der Waals surface area contributed by atoms with Crippen LogP contribution < -0.4 is 22.5 Å². The van der Waals surface area contributed by atoms with Crippen molar-refractivity contribution in [3.63, 3.8) is 0 Å². The third kappa shape index (κ3) is 9.56. The molecule has 28 heteroatoms. The van der Waals surface area contributed by atoms with E-state index in [-0.39, 0.29) is 34.2 Å². The average molecular weight is 929 g/mol. The Kier molecular flexibility index (Phi) is 11.7. The maximum absolute atomic E-state index is 12.6. The molecule has 0 spiro atoms. The Morgan fingerprint density at radius 2 is 1.03 bits per heavy atom. The summed E-state index contributed by atoms with van der Waals surface area (Å²) in [7, 11) is -20.7. The van der Waals surface area contributed by atoms with Crippen LogP contribution in [-0.4, -0.2) is 62.1 Å². The van der Waals surface area contributed by atoms with Crippen molar-refractivity contribution in [1.82, 2.24) is 0 Å². The highest BCUT2D eigenvalue weighted by atomic mass is 32.2.